The van der Waals surface area contributed by atoms with Crippen LogP contribution < -0.4 is 0 Å². The molecule has 0 aromatic carbocycles. The molecule has 0 aromatic rings. The van der Waals surface area contributed by atoms with Crippen molar-refractivity contribution in [2.45, 2.75) is 89.5 Å². The molecule has 3 fully saturated rings. The molecular weight excluding hydrogens is 304 g/mol. The predicted octanol–water partition coefficient (Wildman–Crippen LogP) is 4.91. The average Bonchev–Trinajstić information content (AvgIpc) is 2.78. The summed E-state index contributed by atoms with van der Waals surface area (Å²) >= 11 is 0. The van der Waals surface area contributed by atoms with Gasteiger partial charge in [-0.05, 0) is 49.7 Å². The lowest BCUT2D eigenvalue weighted by molar-refractivity contribution is -0.262. The molecule has 4 atom stereocenters. The average molecular weight is 339 g/mol. The van der Waals surface area contributed by atoms with Crippen molar-refractivity contribution in [1.29, 1.82) is 0 Å². The van der Waals surface area contributed by atoms with Crippen molar-refractivity contribution in [3.8, 4) is 0 Å². The quantitative estimate of drug-likeness (QED) is 0.542. The van der Waals surface area contributed by atoms with E-state index in [2.05, 4.69) is 33.9 Å². The van der Waals surface area contributed by atoms with Gasteiger partial charge in [-0.3, -0.25) is 4.79 Å². The molecule has 3 nitrogen and oxygen atoms in total. The Kier molecular flexibility index (Phi) is 4.04. The van der Waals surface area contributed by atoms with Crippen molar-refractivity contribution in [3.05, 3.63) is 0 Å². The molecule has 0 radical (unpaired) electrons. The highest BCUT2D eigenvalue weighted by molar-refractivity contribution is 6.74. The van der Waals surface area contributed by atoms with Gasteiger partial charge in [-0.1, -0.05) is 40.0 Å². The number of carbonyl (C=O) groups excluding carboxylic acids is 1. The van der Waals surface area contributed by atoms with Crippen molar-refractivity contribution in [2.75, 3.05) is 7.11 Å². The van der Waals surface area contributed by atoms with Gasteiger partial charge in [0.25, 0.3) is 0 Å². The number of methoxy groups -OCH3 is 1. The SMILES string of the molecule is COC(=O)[C@H]1[C@@H]2CCC[C@@]23CCCC[C@@]13O[Si](C)(C)C(C)(C)C. The summed E-state index contributed by atoms with van der Waals surface area (Å²) in [6, 6.07) is 0. The van der Waals surface area contributed by atoms with Crippen LogP contribution in [-0.4, -0.2) is 27.0 Å². The standard InChI is InChI=1S/C19H34O3Si/c1-17(2,3)23(5,6)22-19-13-8-7-11-18(19)12-9-10-14(18)15(19)16(20)21-4/h14-15H,7-13H2,1-6H3/t14-,15+,18-,19+/m0/s1. The zero-order valence-corrected chi connectivity index (χ0v) is 16.8. The minimum atomic E-state index is -1.93. The van der Waals surface area contributed by atoms with E-state index in [1.807, 2.05) is 0 Å². The molecule has 0 N–H and O–H groups in total. The van der Waals surface area contributed by atoms with Crippen LogP contribution in [-0.2, 0) is 14.0 Å². The van der Waals surface area contributed by atoms with Gasteiger partial charge in [0.15, 0.2) is 8.32 Å². The molecule has 132 valence electrons. The fourth-order valence-electron chi connectivity index (χ4n) is 5.71. The molecule has 0 unspecified atom stereocenters. The van der Waals surface area contributed by atoms with Crippen molar-refractivity contribution in [2.24, 2.45) is 17.3 Å². The maximum absolute atomic E-state index is 12.6. The Hall–Kier alpha value is -0.353. The summed E-state index contributed by atoms with van der Waals surface area (Å²) in [6.07, 6.45) is 8.47. The first-order valence-corrected chi connectivity index (χ1v) is 12.3. The van der Waals surface area contributed by atoms with Crippen LogP contribution in [0.3, 0.4) is 0 Å². The Morgan fingerprint density at radius 3 is 2.30 bits per heavy atom. The predicted molar refractivity (Wildman–Crippen MR) is 94.8 cm³/mol. The second-order valence-electron chi connectivity index (χ2n) is 9.61. The minimum absolute atomic E-state index is 0.0202. The molecule has 0 saturated heterocycles. The van der Waals surface area contributed by atoms with Crippen LogP contribution in [0.1, 0.15) is 65.7 Å². The number of rotatable bonds is 3. The molecule has 0 aromatic heterocycles. The van der Waals surface area contributed by atoms with E-state index in [0.29, 0.717) is 5.92 Å². The summed E-state index contributed by atoms with van der Waals surface area (Å²) in [5, 5.41) is 0.171. The highest BCUT2D eigenvalue weighted by atomic mass is 28.4. The summed E-state index contributed by atoms with van der Waals surface area (Å²) in [6.45, 7) is 11.6. The molecule has 0 bridgehead atoms. The molecule has 3 saturated carbocycles. The van der Waals surface area contributed by atoms with E-state index in [1.165, 1.54) is 38.5 Å². The van der Waals surface area contributed by atoms with E-state index in [9.17, 15) is 4.79 Å². The summed E-state index contributed by atoms with van der Waals surface area (Å²) in [4.78, 5) is 12.6. The third-order valence-electron chi connectivity index (χ3n) is 7.71. The van der Waals surface area contributed by atoms with E-state index >= 15 is 0 Å². The lowest BCUT2D eigenvalue weighted by Gasteiger charge is -2.70. The number of carbonyl (C=O) groups is 1. The van der Waals surface area contributed by atoms with Gasteiger partial charge < -0.3 is 9.16 Å². The molecule has 3 rings (SSSR count). The van der Waals surface area contributed by atoms with Crippen LogP contribution in [0, 0.1) is 17.3 Å². The summed E-state index contributed by atoms with van der Waals surface area (Å²) in [5.74, 6) is 0.456. The molecule has 0 aliphatic heterocycles. The van der Waals surface area contributed by atoms with E-state index in [0.717, 1.165) is 6.42 Å². The topological polar surface area (TPSA) is 35.5 Å². The molecule has 3 aliphatic carbocycles. The number of ether oxygens (including phenoxy) is 1. The summed E-state index contributed by atoms with van der Waals surface area (Å²) < 4.78 is 12.3. The van der Waals surface area contributed by atoms with Gasteiger partial charge in [0.05, 0.1) is 18.6 Å². The lowest BCUT2D eigenvalue weighted by atomic mass is 9.40. The third-order valence-corrected chi connectivity index (χ3v) is 12.2. The maximum Gasteiger partial charge on any atom is 0.311 e. The minimum Gasteiger partial charge on any atom is -0.469 e. The second-order valence-corrected chi connectivity index (χ2v) is 14.3. The Labute approximate surface area is 142 Å². The molecule has 23 heavy (non-hydrogen) atoms. The van der Waals surface area contributed by atoms with Gasteiger partial charge in [-0.2, -0.15) is 0 Å². The molecule has 0 heterocycles. The summed E-state index contributed by atoms with van der Waals surface area (Å²) in [7, 11) is -0.387. The molecule has 4 heteroatoms. The van der Waals surface area contributed by atoms with Crippen LogP contribution in [0.5, 0.6) is 0 Å². The van der Waals surface area contributed by atoms with Crippen molar-refractivity contribution < 1.29 is 14.0 Å². The van der Waals surface area contributed by atoms with Gasteiger partial charge in [0.2, 0.25) is 0 Å². The smallest absolute Gasteiger partial charge is 0.311 e. The van der Waals surface area contributed by atoms with Crippen LogP contribution in [0.2, 0.25) is 18.1 Å². The van der Waals surface area contributed by atoms with Crippen molar-refractivity contribution >= 4 is 14.3 Å². The number of esters is 1. The summed E-state index contributed by atoms with van der Waals surface area (Å²) in [5.41, 5.74) is 0.0299. The Bertz CT molecular complexity index is 495. The number of hydrogen-bond donors (Lipinski definition) is 0. The normalized spacial score (nSPS) is 40.1. The van der Waals surface area contributed by atoms with Crippen LogP contribution >= 0.6 is 0 Å². The van der Waals surface area contributed by atoms with E-state index in [1.54, 1.807) is 7.11 Å². The first-order valence-electron chi connectivity index (χ1n) is 9.39. The Morgan fingerprint density at radius 1 is 1.09 bits per heavy atom. The molecule has 3 aliphatic rings. The van der Waals surface area contributed by atoms with Gasteiger partial charge in [0.1, 0.15) is 0 Å². The molecule has 1 spiro atoms. The van der Waals surface area contributed by atoms with Crippen LogP contribution in [0.4, 0.5) is 0 Å². The first-order chi connectivity index (χ1) is 10.6. The highest BCUT2D eigenvalue weighted by Crippen LogP contribution is 2.74. The van der Waals surface area contributed by atoms with E-state index < -0.39 is 8.32 Å². The van der Waals surface area contributed by atoms with Gasteiger partial charge in [-0.25, -0.2) is 0 Å². The largest absolute Gasteiger partial charge is 0.469 e. The van der Waals surface area contributed by atoms with Crippen LogP contribution in [0.25, 0.3) is 0 Å². The van der Waals surface area contributed by atoms with E-state index in [4.69, 9.17) is 9.16 Å². The monoisotopic (exact) mass is 338 g/mol. The third kappa shape index (κ3) is 2.20. The van der Waals surface area contributed by atoms with Gasteiger partial charge >= 0.3 is 5.97 Å². The van der Waals surface area contributed by atoms with E-state index in [-0.39, 0.29) is 27.9 Å². The maximum atomic E-state index is 12.6. The van der Waals surface area contributed by atoms with Gasteiger partial charge in [0, 0.05) is 5.41 Å². The fourth-order valence-corrected chi connectivity index (χ4v) is 7.36. The molecule has 0 amide bonds. The Morgan fingerprint density at radius 2 is 1.70 bits per heavy atom. The first kappa shape index (κ1) is 17.5. The Balaban J connectivity index is 2.01. The van der Waals surface area contributed by atoms with Crippen molar-refractivity contribution in [1.82, 2.24) is 0 Å². The molecular formula is C19H34O3Si. The lowest BCUT2D eigenvalue weighted by Crippen LogP contribution is -2.75. The highest BCUT2D eigenvalue weighted by Gasteiger charge is 2.77. The zero-order chi connectivity index (χ0) is 17.1. The van der Waals surface area contributed by atoms with Crippen LogP contribution in [0.15, 0.2) is 0 Å². The fraction of sp³-hybridized carbons (Fsp3) is 0.947. The zero-order valence-electron chi connectivity index (χ0n) is 15.8. The van der Waals surface area contributed by atoms with Crippen molar-refractivity contribution in [3.63, 3.8) is 0 Å². The second kappa shape index (κ2) is 5.32. The number of hydrogen-bond acceptors (Lipinski definition) is 3. The van der Waals surface area contributed by atoms with Gasteiger partial charge in [-0.15, -0.1) is 0 Å².